The summed E-state index contributed by atoms with van der Waals surface area (Å²) in [6, 6.07) is 1.60. The third-order valence-electron chi connectivity index (χ3n) is 2.05. The Morgan fingerprint density at radius 1 is 1.29 bits per heavy atom. The van der Waals surface area contributed by atoms with Gasteiger partial charge in [0, 0.05) is 0 Å². The first kappa shape index (κ1) is 10.1. The van der Waals surface area contributed by atoms with Gasteiger partial charge in [0.05, 0.1) is 18.8 Å². The normalized spacial score (nSPS) is 19.9. The molecule has 0 spiro atoms. The highest BCUT2D eigenvalue weighted by molar-refractivity contribution is 6.31. The van der Waals surface area contributed by atoms with Gasteiger partial charge in [-0.25, -0.2) is 0 Å². The van der Waals surface area contributed by atoms with E-state index in [0.29, 0.717) is 18.8 Å². The lowest BCUT2D eigenvalue weighted by Gasteiger charge is -2.22. The molecule has 2 rings (SSSR count). The highest BCUT2D eigenvalue weighted by atomic mass is 35.5. The van der Waals surface area contributed by atoms with Crippen LogP contribution in [-0.2, 0) is 15.3 Å². The van der Waals surface area contributed by atoms with E-state index in [0.717, 1.165) is 0 Å². The number of aromatic nitrogens is 2. The molecular weight excluding hydrogens is 227 g/mol. The first-order chi connectivity index (χ1) is 6.62. The summed E-state index contributed by atoms with van der Waals surface area (Å²) in [5.74, 6) is -0.851. The Morgan fingerprint density at radius 3 is 2.57 bits per heavy atom. The van der Waals surface area contributed by atoms with Gasteiger partial charge in [-0.3, -0.25) is 0 Å². The highest BCUT2D eigenvalue weighted by Crippen LogP contribution is 2.34. The van der Waals surface area contributed by atoms with E-state index in [4.69, 9.17) is 32.7 Å². The molecule has 0 radical (unpaired) electrons. The molecule has 0 saturated carbocycles. The van der Waals surface area contributed by atoms with Gasteiger partial charge in [-0.1, -0.05) is 23.2 Å². The fourth-order valence-electron chi connectivity index (χ4n) is 1.34. The minimum absolute atomic E-state index is 0.249. The molecule has 2 heterocycles. The van der Waals surface area contributed by atoms with Crippen LogP contribution in [0.1, 0.15) is 12.5 Å². The number of rotatable bonds is 1. The predicted octanol–water partition coefficient (Wildman–Crippen LogP) is 2.00. The third kappa shape index (κ3) is 1.70. The van der Waals surface area contributed by atoms with Gasteiger partial charge in [0.25, 0.3) is 0 Å². The van der Waals surface area contributed by atoms with E-state index in [2.05, 4.69) is 10.2 Å². The maximum atomic E-state index is 5.87. The smallest absolute Gasteiger partial charge is 0.195 e. The number of hydrogen-bond acceptors (Lipinski definition) is 4. The van der Waals surface area contributed by atoms with Gasteiger partial charge in [-0.05, 0) is 13.0 Å². The average Bonchev–Trinajstić information content (AvgIpc) is 2.58. The van der Waals surface area contributed by atoms with Crippen molar-refractivity contribution in [3.8, 4) is 0 Å². The maximum absolute atomic E-state index is 5.87. The lowest BCUT2D eigenvalue weighted by atomic mass is 10.1. The van der Waals surface area contributed by atoms with Crippen LogP contribution < -0.4 is 0 Å². The zero-order valence-corrected chi connectivity index (χ0v) is 8.97. The van der Waals surface area contributed by atoms with Crippen LogP contribution in [0.4, 0.5) is 0 Å². The van der Waals surface area contributed by atoms with E-state index in [1.54, 1.807) is 13.0 Å². The second-order valence-electron chi connectivity index (χ2n) is 3.01. The number of halogens is 2. The van der Waals surface area contributed by atoms with Crippen LogP contribution in [-0.4, -0.2) is 23.4 Å². The summed E-state index contributed by atoms with van der Waals surface area (Å²) in [6.45, 7) is 2.85. The number of hydrogen-bond donors (Lipinski definition) is 0. The van der Waals surface area contributed by atoms with E-state index in [1.165, 1.54) is 0 Å². The Balaban J connectivity index is 2.44. The lowest BCUT2D eigenvalue weighted by molar-refractivity contribution is -0.149. The van der Waals surface area contributed by atoms with Crippen LogP contribution in [0.3, 0.4) is 0 Å². The molecule has 0 aromatic carbocycles. The average molecular weight is 235 g/mol. The first-order valence-electron chi connectivity index (χ1n) is 4.09. The van der Waals surface area contributed by atoms with Gasteiger partial charge in [-0.2, -0.15) is 0 Å². The fraction of sp³-hybridized carbons (Fsp3) is 0.500. The molecule has 0 atom stereocenters. The van der Waals surface area contributed by atoms with Crippen molar-refractivity contribution in [3.63, 3.8) is 0 Å². The fourth-order valence-corrected chi connectivity index (χ4v) is 1.75. The second-order valence-corrected chi connectivity index (χ2v) is 3.76. The van der Waals surface area contributed by atoms with Gasteiger partial charge in [0.1, 0.15) is 0 Å². The summed E-state index contributed by atoms with van der Waals surface area (Å²) in [7, 11) is 0. The molecule has 0 bridgehead atoms. The Hall–Kier alpha value is -0.420. The molecule has 6 heteroatoms. The first-order valence-corrected chi connectivity index (χ1v) is 4.84. The minimum Gasteiger partial charge on any atom is -0.344 e. The maximum Gasteiger partial charge on any atom is 0.195 e. The molecule has 1 aliphatic rings. The molecule has 1 aliphatic heterocycles. The standard InChI is InChI=1S/C8H8Cl2N2O2/c1-8(13-2-3-14-8)5-4-6(9)11-12-7(5)10/h4H,2-3H2,1H3. The predicted molar refractivity (Wildman–Crippen MR) is 51.3 cm³/mol. The molecule has 1 aromatic heterocycles. The van der Waals surface area contributed by atoms with Gasteiger partial charge in [-0.15, -0.1) is 10.2 Å². The van der Waals surface area contributed by atoms with Crippen LogP contribution in [0.2, 0.25) is 10.3 Å². The van der Waals surface area contributed by atoms with Crippen LogP contribution in [0.5, 0.6) is 0 Å². The molecule has 14 heavy (non-hydrogen) atoms. The number of ether oxygens (including phenoxy) is 2. The molecule has 0 N–H and O–H groups in total. The monoisotopic (exact) mass is 234 g/mol. The SMILES string of the molecule is CC1(c2cc(Cl)nnc2Cl)OCCO1. The van der Waals surface area contributed by atoms with Crippen molar-refractivity contribution in [1.29, 1.82) is 0 Å². The van der Waals surface area contributed by atoms with Crippen LogP contribution in [0.15, 0.2) is 6.07 Å². The van der Waals surface area contributed by atoms with Crippen LogP contribution >= 0.6 is 23.2 Å². The van der Waals surface area contributed by atoms with E-state index in [-0.39, 0.29) is 10.3 Å². The molecule has 1 saturated heterocycles. The molecule has 0 amide bonds. The molecule has 0 aliphatic carbocycles. The Morgan fingerprint density at radius 2 is 1.93 bits per heavy atom. The van der Waals surface area contributed by atoms with Gasteiger partial charge < -0.3 is 9.47 Å². The van der Waals surface area contributed by atoms with Crippen molar-refractivity contribution < 1.29 is 9.47 Å². The Kier molecular flexibility index (Phi) is 2.62. The van der Waals surface area contributed by atoms with Crippen molar-refractivity contribution in [2.75, 3.05) is 13.2 Å². The van der Waals surface area contributed by atoms with Crippen molar-refractivity contribution in [1.82, 2.24) is 10.2 Å². The Labute approximate surface area is 91.1 Å². The van der Waals surface area contributed by atoms with Gasteiger partial charge in [0.2, 0.25) is 0 Å². The van der Waals surface area contributed by atoms with E-state index in [9.17, 15) is 0 Å². The lowest BCUT2D eigenvalue weighted by Crippen LogP contribution is -2.23. The molecule has 0 unspecified atom stereocenters. The zero-order valence-electron chi connectivity index (χ0n) is 7.46. The molecule has 1 aromatic rings. The molecule has 1 fully saturated rings. The number of nitrogens with zero attached hydrogens (tertiary/aromatic N) is 2. The van der Waals surface area contributed by atoms with Crippen molar-refractivity contribution in [2.45, 2.75) is 12.7 Å². The van der Waals surface area contributed by atoms with Gasteiger partial charge >= 0.3 is 0 Å². The molecular formula is C8H8Cl2N2O2. The topological polar surface area (TPSA) is 44.2 Å². The summed E-state index contributed by atoms with van der Waals surface area (Å²) in [5, 5.41) is 7.82. The molecule has 76 valence electrons. The van der Waals surface area contributed by atoms with Crippen molar-refractivity contribution >= 4 is 23.2 Å². The third-order valence-corrected chi connectivity index (χ3v) is 2.51. The van der Waals surface area contributed by atoms with E-state index >= 15 is 0 Å². The van der Waals surface area contributed by atoms with E-state index in [1.807, 2.05) is 0 Å². The van der Waals surface area contributed by atoms with Crippen LogP contribution in [0, 0.1) is 0 Å². The second kappa shape index (κ2) is 3.62. The van der Waals surface area contributed by atoms with Crippen molar-refractivity contribution in [3.05, 3.63) is 21.9 Å². The quantitative estimate of drug-likeness (QED) is 0.746. The summed E-state index contributed by atoms with van der Waals surface area (Å²) in [4.78, 5) is 0. The van der Waals surface area contributed by atoms with Crippen molar-refractivity contribution in [2.24, 2.45) is 0 Å². The molecule has 4 nitrogen and oxygen atoms in total. The summed E-state index contributed by atoms with van der Waals surface area (Å²) in [6.07, 6.45) is 0. The summed E-state index contributed by atoms with van der Waals surface area (Å²) >= 11 is 11.6. The zero-order chi connectivity index (χ0) is 10.2. The van der Waals surface area contributed by atoms with Gasteiger partial charge in [0.15, 0.2) is 16.1 Å². The van der Waals surface area contributed by atoms with Crippen LogP contribution in [0.25, 0.3) is 0 Å². The minimum atomic E-state index is -0.851. The summed E-state index contributed by atoms with van der Waals surface area (Å²) in [5.41, 5.74) is 0.608. The highest BCUT2D eigenvalue weighted by Gasteiger charge is 2.36. The summed E-state index contributed by atoms with van der Waals surface area (Å²) < 4.78 is 10.9. The Bertz CT molecular complexity index is 353. The largest absolute Gasteiger partial charge is 0.344 e. The van der Waals surface area contributed by atoms with E-state index < -0.39 is 5.79 Å².